The largest absolute Gasteiger partial charge is 0.444 e. The molecule has 6 aromatic rings. The van der Waals surface area contributed by atoms with Crippen LogP contribution in [0, 0.1) is 51.2 Å². The minimum atomic E-state index is -0.459. The Bertz CT molecular complexity index is 4410. The summed E-state index contributed by atoms with van der Waals surface area (Å²) in [7, 11) is 6.27. The highest BCUT2D eigenvalue weighted by Crippen LogP contribution is 2.53. The topological polar surface area (TPSA) is 325 Å². The molecule has 11 heterocycles. The van der Waals surface area contributed by atoms with Crippen molar-refractivity contribution in [1.82, 2.24) is 74.7 Å². The fourth-order valence-corrected chi connectivity index (χ4v) is 18.9. The first kappa shape index (κ1) is 87.0. The molecule has 5 aliphatic heterocycles. The molecule has 4 saturated carbocycles. The van der Waals surface area contributed by atoms with Crippen LogP contribution in [0.4, 0.5) is 35.6 Å². The second-order valence-electron chi connectivity index (χ2n) is 39.8. The number of ketones is 2. The van der Waals surface area contributed by atoms with Gasteiger partial charge in [-0.05, 0) is 225 Å². The van der Waals surface area contributed by atoms with Gasteiger partial charge >= 0.3 is 30.5 Å². The Morgan fingerprint density at radius 2 is 0.826 bits per heavy atom. The molecule has 0 bridgehead atoms. The lowest BCUT2D eigenvalue weighted by Crippen LogP contribution is -2.38. The quantitative estimate of drug-likeness (QED) is 0.0920. The fraction of sp³-hybridized carbons (Fsp3) is 0.682. The number of likely N-dealkylation sites (tertiary alicyclic amines) is 5. The standard InChI is InChI=1S/2C20H29N5O2.C14H26N2O2.C13H21NO3.C12H17NO3.C6H4ClN3/c2*1-19(2,3)27-18(26)25-10-13-8-14(9-20(13,4)11-25)24(5)17-15-6-7-21-16(15)22-12-23-17;1-13(2,3)18-12(17)16-8-10-6-11(15-5)7-14(10,4)9-16;1-12(2,3)17-11(16)14-7-9-5-10(15)6-13(9,4)8-14;1-12(2,3)16-11(15)13-6-8-4-10(14)5-9(8)7-13;7-5-4-1-2-8-6(4)10-3-9-5/h2*6-7,12-14H,8-11H2,1-5H3,(H,21,22,23);10-11,15H,6-9H2,1-5H3;9H,5-8H2,1-4H3;4,9H,5-7H2,1-3H3;1-3H,(H,8,9,10)/t2*13-,14-,20+;10-,11-,14+;9-,13+;;/m1111../s1. The van der Waals surface area contributed by atoms with Crippen molar-refractivity contribution in [1.29, 1.82) is 0 Å². The van der Waals surface area contributed by atoms with Crippen molar-refractivity contribution in [3.05, 3.63) is 72.6 Å². The third kappa shape index (κ3) is 21.1. The smallest absolute Gasteiger partial charge is 0.410 e. The van der Waals surface area contributed by atoms with Crippen molar-refractivity contribution in [2.75, 3.05) is 96.4 Å². The average Bonchev–Trinajstić information content (AvgIpc) is 1.57. The Morgan fingerprint density at radius 1 is 0.470 bits per heavy atom. The number of fused-ring (bicyclic) bond motifs is 8. The molecule has 16 rings (SSSR count). The summed E-state index contributed by atoms with van der Waals surface area (Å²) in [4.78, 5) is 132. The second kappa shape index (κ2) is 33.3. The molecular weight excluding hydrogens is 1490 g/mol. The first-order chi connectivity index (χ1) is 53.5. The van der Waals surface area contributed by atoms with Crippen LogP contribution in [0.15, 0.2) is 67.4 Å². The van der Waals surface area contributed by atoms with Crippen LogP contribution in [0.5, 0.6) is 0 Å². The number of ether oxygens (including phenoxy) is 5. The molecule has 30 heteroatoms. The van der Waals surface area contributed by atoms with Gasteiger partial charge in [-0.1, -0.05) is 39.3 Å². The van der Waals surface area contributed by atoms with Gasteiger partial charge in [0.15, 0.2) is 5.78 Å². The number of aromatic amines is 3. The van der Waals surface area contributed by atoms with E-state index in [0.29, 0.717) is 98.2 Å². The van der Waals surface area contributed by atoms with E-state index >= 15 is 0 Å². The maximum atomic E-state index is 12.5. The summed E-state index contributed by atoms with van der Waals surface area (Å²) in [6.07, 6.45) is 19.2. The number of hydrogen-bond donors (Lipinski definition) is 4. The lowest BCUT2D eigenvalue weighted by molar-refractivity contribution is -0.118. The molecule has 0 spiro atoms. The summed E-state index contributed by atoms with van der Waals surface area (Å²) >= 11 is 5.73. The van der Waals surface area contributed by atoms with E-state index in [0.717, 1.165) is 122 Å². The molecule has 6 aromatic heterocycles. The number of hydrogen-bond acceptors (Lipinski definition) is 21. The number of rotatable bonds is 5. The van der Waals surface area contributed by atoms with E-state index in [1.807, 2.05) is 156 Å². The van der Waals surface area contributed by atoms with E-state index < -0.39 is 28.0 Å². The third-order valence-electron chi connectivity index (χ3n) is 24.3. The minimum Gasteiger partial charge on any atom is -0.444 e. The van der Waals surface area contributed by atoms with Crippen LogP contribution in [-0.4, -0.2) is 244 Å². The van der Waals surface area contributed by atoms with Crippen molar-refractivity contribution in [3.63, 3.8) is 0 Å². The molecule has 5 amide bonds. The van der Waals surface area contributed by atoms with Crippen LogP contribution in [0.1, 0.15) is 189 Å². The number of aromatic nitrogens is 9. The SMILES string of the molecule is CC(C)(C)OC(=O)N1CC2=CC(=O)CC2C1.CC(C)(C)OC(=O)N1C[C@H]2CC(=O)C[C@@]2(C)C1.CN(c1ncnc2[nH]ccc12)[C@@H]1C[C@@H]2CN(C(=O)OC(C)(C)C)C[C@]2(C)C1.CN(c1ncnc2[nH]ccc12)[C@@H]1C[C@@H]2CN(C(=O)OC(C)(C)C)C[C@]2(C)C1.CN[C@@H]1C[C@@H]2CN(C(=O)OC(C)(C)C)C[C@]2(C)C1.Clc1ncnc2[nH]ccc12. The number of allylic oxidation sites excluding steroid dienone is 1. The molecule has 4 N–H and O–H groups in total. The zero-order valence-electron chi connectivity index (χ0n) is 71.9. The summed E-state index contributed by atoms with van der Waals surface area (Å²) < 4.78 is 27.2. The van der Waals surface area contributed by atoms with Crippen LogP contribution in [-0.2, 0) is 33.3 Å². The third-order valence-corrected chi connectivity index (χ3v) is 24.6. The second-order valence-corrected chi connectivity index (χ2v) is 40.2. The van der Waals surface area contributed by atoms with Gasteiger partial charge in [-0.2, -0.15) is 0 Å². The van der Waals surface area contributed by atoms with Crippen molar-refractivity contribution in [2.45, 2.75) is 235 Å². The molecule has 12 atom stereocenters. The van der Waals surface area contributed by atoms with E-state index in [4.69, 9.17) is 35.3 Å². The monoisotopic (exact) mass is 1610 g/mol. The summed E-state index contributed by atoms with van der Waals surface area (Å²) in [6, 6.07) is 7.34. The predicted octanol–water partition coefficient (Wildman–Crippen LogP) is 14.7. The Kier molecular flexibility index (Phi) is 25.2. The van der Waals surface area contributed by atoms with Gasteiger partial charge in [0.2, 0.25) is 0 Å². The lowest BCUT2D eigenvalue weighted by Gasteiger charge is -2.30. The van der Waals surface area contributed by atoms with Gasteiger partial charge in [-0.15, -0.1) is 0 Å². The molecule has 1 unspecified atom stereocenters. The highest BCUT2D eigenvalue weighted by Gasteiger charge is 2.56. The Labute approximate surface area is 682 Å². The number of H-pyrrole nitrogens is 3. The van der Waals surface area contributed by atoms with Crippen molar-refractivity contribution >= 4 is 98.4 Å². The van der Waals surface area contributed by atoms with E-state index in [9.17, 15) is 33.6 Å². The number of nitrogens with one attached hydrogen (secondary N) is 4. The fourth-order valence-electron chi connectivity index (χ4n) is 18.7. The molecular formula is C85H126ClN17O12. The summed E-state index contributed by atoms with van der Waals surface area (Å²) in [5, 5.41) is 6.83. The van der Waals surface area contributed by atoms with Crippen molar-refractivity contribution in [3.8, 4) is 0 Å². The summed E-state index contributed by atoms with van der Waals surface area (Å²) in [5.41, 5.74) is 1.88. The Morgan fingerprint density at radius 3 is 1.19 bits per heavy atom. The van der Waals surface area contributed by atoms with Crippen molar-refractivity contribution in [2.24, 2.45) is 51.2 Å². The number of carbonyl (C=O) groups is 7. The lowest BCUT2D eigenvalue weighted by atomic mass is 9.83. The van der Waals surface area contributed by atoms with Crippen LogP contribution < -0.4 is 15.1 Å². The van der Waals surface area contributed by atoms with Gasteiger partial charge in [0, 0.05) is 141 Å². The molecule has 5 saturated heterocycles. The molecule has 115 heavy (non-hydrogen) atoms. The zero-order chi connectivity index (χ0) is 84.1. The first-order valence-corrected chi connectivity index (χ1v) is 41.1. The van der Waals surface area contributed by atoms with Gasteiger partial charge in [-0.3, -0.25) is 9.59 Å². The summed E-state index contributed by atoms with van der Waals surface area (Å²) in [6.45, 7) is 44.7. The predicted molar refractivity (Wildman–Crippen MR) is 442 cm³/mol. The molecule has 0 aromatic carbocycles. The molecule has 9 fully saturated rings. The first-order valence-electron chi connectivity index (χ1n) is 40.8. The number of halogens is 1. The summed E-state index contributed by atoms with van der Waals surface area (Å²) in [5.74, 6) is 4.61. The van der Waals surface area contributed by atoms with Gasteiger partial charge < -0.3 is 78.3 Å². The Balaban J connectivity index is 0.000000139. The van der Waals surface area contributed by atoms with Crippen LogP contribution >= 0.6 is 11.6 Å². The number of nitrogens with zero attached hydrogens (tertiary/aromatic N) is 13. The van der Waals surface area contributed by atoms with Crippen molar-refractivity contribution < 1.29 is 57.2 Å². The molecule has 0 radical (unpaired) electrons. The molecule has 29 nitrogen and oxygen atoms in total. The van der Waals surface area contributed by atoms with Crippen LogP contribution in [0.3, 0.4) is 0 Å². The number of carbonyl (C=O) groups excluding carboxylic acids is 7. The normalized spacial score (nSPS) is 27.8. The number of Topliss-reactive ketones (excluding diaryl/α,β-unsaturated/α-hetero) is 1. The van der Waals surface area contributed by atoms with E-state index in [-0.39, 0.29) is 63.8 Å². The van der Waals surface area contributed by atoms with Gasteiger partial charge in [0.1, 0.15) is 86.5 Å². The van der Waals surface area contributed by atoms with E-state index in [1.54, 1.807) is 34.7 Å². The van der Waals surface area contributed by atoms with E-state index in [1.165, 1.54) is 12.7 Å². The van der Waals surface area contributed by atoms with E-state index in [2.05, 4.69) is 102 Å². The average molecular weight is 1610 g/mol. The zero-order valence-corrected chi connectivity index (χ0v) is 72.7. The Hall–Kier alpha value is -8.86. The van der Waals surface area contributed by atoms with Gasteiger partial charge in [-0.25, -0.2) is 53.9 Å². The highest BCUT2D eigenvalue weighted by molar-refractivity contribution is 6.33. The highest BCUT2D eigenvalue weighted by atomic mass is 35.5. The van der Waals surface area contributed by atoms with Crippen LogP contribution in [0.25, 0.3) is 33.1 Å². The molecule has 5 aliphatic carbocycles. The maximum absolute atomic E-state index is 12.5. The van der Waals surface area contributed by atoms with Gasteiger partial charge in [0.05, 0.1) is 16.2 Å². The van der Waals surface area contributed by atoms with Crippen LogP contribution in [0.2, 0.25) is 5.15 Å². The number of anilines is 2. The number of amides is 5. The molecule has 10 aliphatic rings. The maximum Gasteiger partial charge on any atom is 0.410 e. The minimum absolute atomic E-state index is 0.0199. The molecule has 630 valence electrons. The van der Waals surface area contributed by atoms with Gasteiger partial charge in [0.25, 0.3) is 0 Å².